The topological polar surface area (TPSA) is 46.5 Å². The molecule has 0 saturated carbocycles. The quantitative estimate of drug-likeness (QED) is 0.472. The Bertz CT molecular complexity index is 1270. The van der Waals surface area contributed by atoms with Gasteiger partial charge in [0.15, 0.2) is 5.82 Å². The summed E-state index contributed by atoms with van der Waals surface area (Å²) in [6.45, 7) is 6.20. The summed E-state index contributed by atoms with van der Waals surface area (Å²) in [5.74, 6) is 0.872. The Morgan fingerprint density at radius 1 is 0.880 bits per heavy atom. The second kappa shape index (κ2) is 4.93. The third kappa shape index (κ3) is 2.00. The van der Waals surface area contributed by atoms with E-state index >= 15 is 0 Å². The van der Waals surface area contributed by atoms with Crippen LogP contribution in [0.15, 0.2) is 48.5 Å². The number of pyridine rings is 1. The van der Waals surface area contributed by atoms with Crippen molar-refractivity contribution < 1.29 is 0 Å². The number of hydrogen-bond donors (Lipinski definition) is 1. The summed E-state index contributed by atoms with van der Waals surface area (Å²) >= 11 is 0. The zero-order valence-electron chi connectivity index (χ0n) is 14.5. The predicted molar refractivity (Wildman–Crippen MR) is 102 cm³/mol. The number of aromatic nitrogens is 4. The van der Waals surface area contributed by atoms with E-state index in [1.807, 2.05) is 11.6 Å². The van der Waals surface area contributed by atoms with E-state index in [0.717, 1.165) is 33.8 Å². The van der Waals surface area contributed by atoms with Crippen molar-refractivity contribution in [2.24, 2.45) is 0 Å². The van der Waals surface area contributed by atoms with Crippen LogP contribution in [-0.2, 0) is 0 Å². The SMILES string of the molecule is Cc1ccc2[nH]c3nc(-n4nc(C)cc4C)c4ccccc4c3c2c1. The molecule has 0 aliphatic rings. The van der Waals surface area contributed by atoms with E-state index in [1.54, 1.807) is 0 Å². The molecule has 0 radical (unpaired) electrons. The molecule has 3 aromatic heterocycles. The fourth-order valence-electron chi connectivity index (χ4n) is 3.72. The largest absolute Gasteiger partial charge is 0.339 e. The lowest BCUT2D eigenvalue weighted by Crippen LogP contribution is -2.03. The first kappa shape index (κ1) is 14.2. The number of fused-ring (bicyclic) bond motifs is 5. The van der Waals surface area contributed by atoms with Crippen LogP contribution in [0.2, 0.25) is 0 Å². The normalized spacial score (nSPS) is 11.8. The molecule has 4 heteroatoms. The summed E-state index contributed by atoms with van der Waals surface area (Å²) in [5.41, 5.74) is 5.35. The van der Waals surface area contributed by atoms with Crippen LogP contribution in [0, 0.1) is 20.8 Å². The molecule has 0 amide bonds. The van der Waals surface area contributed by atoms with Crippen LogP contribution in [0.1, 0.15) is 17.0 Å². The fraction of sp³-hybridized carbons (Fsp3) is 0.143. The van der Waals surface area contributed by atoms with Crippen LogP contribution in [0.3, 0.4) is 0 Å². The smallest absolute Gasteiger partial charge is 0.163 e. The van der Waals surface area contributed by atoms with Crippen molar-refractivity contribution in [1.29, 1.82) is 0 Å². The molecule has 0 saturated heterocycles. The Labute approximate surface area is 145 Å². The minimum atomic E-state index is 0.872. The Morgan fingerprint density at radius 2 is 1.68 bits per heavy atom. The minimum Gasteiger partial charge on any atom is -0.339 e. The van der Waals surface area contributed by atoms with E-state index in [2.05, 4.69) is 72.5 Å². The Hall–Kier alpha value is -3.14. The average molecular weight is 326 g/mol. The lowest BCUT2D eigenvalue weighted by atomic mass is 10.0. The van der Waals surface area contributed by atoms with Crippen molar-refractivity contribution >= 4 is 32.7 Å². The number of nitrogens with zero attached hydrogens (tertiary/aromatic N) is 3. The van der Waals surface area contributed by atoms with E-state index in [-0.39, 0.29) is 0 Å². The van der Waals surface area contributed by atoms with Crippen LogP contribution in [0.4, 0.5) is 0 Å². The zero-order valence-corrected chi connectivity index (χ0v) is 14.5. The number of aryl methyl sites for hydroxylation is 3. The second-order valence-electron chi connectivity index (χ2n) is 6.72. The maximum atomic E-state index is 4.96. The van der Waals surface area contributed by atoms with Gasteiger partial charge in [0.2, 0.25) is 0 Å². The summed E-state index contributed by atoms with van der Waals surface area (Å²) in [4.78, 5) is 8.44. The van der Waals surface area contributed by atoms with E-state index in [1.165, 1.54) is 21.7 Å². The zero-order chi connectivity index (χ0) is 17.1. The molecule has 25 heavy (non-hydrogen) atoms. The predicted octanol–water partition coefficient (Wildman–Crippen LogP) is 4.98. The Balaban J connectivity index is 2.00. The van der Waals surface area contributed by atoms with Crippen molar-refractivity contribution in [1.82, 2.24) is 19.7 Å². The molecule has 3 heterocycles. The molecule has 2 aromatic carbocycles. The van der Waals surface area contributed by atoms with Gasteiger partial charge in [-0.1, -0.05) is 35.9 Å². The van der Waals surface area contributed by atoms with Crippen molar-refractivity contribution in [3.63, 3.8) is 0 Å². The van der Waals surface area contributed by atoms with Gasteiger partial charge < -0.3 is 4.98 Å². The molecule has 5 aromatic rings. The fourth-order valence-corrected chi connectivity index (χ4v) is 3.72. The Morgan fingerprint density at radius 3 is 2.44 bits per heavy atom. The minimum absolute atomic E-state index is 0.872. The van der Waals surface area contributed by atoms with Crippen molar-refractivity contribution in [3.05, 3.63) is 65.5 Å². The number of benzene rings is 2. The molecule has 5 rings (SSSR count). The Kier molecular flexibility index (Phi) is 2.80. The highest BCUT2D eigenvalue weighted by atomic mass is 15.3. The maximum absolute atomic E-state index is 4.96. The molecule has 0 fully saturated rings. The second-order valence-corrected chi connectivity index (χ2v) is 6.72. The first-order valence-corrected chi connectivity index (χ1v) is 8.46. The number of aromatic amines is 1. The molecule has 122 valence electrons. The summed E-state index contributed by atoms with van der Waals surface area (Å²) in [5, 5.41) is 9.36. The standard InChI is InChI=1S/C21H18N4/c1-12-8-9-18-17(10-12)19-15-6-4-5-7-16(15)21(23-20(19)22-18)25-14(3)11-13(2)24-25/h4-11H,1-3H3,(H,22,23). The van der Waals surface area contributed by atoms with Crippen LogP contribution >= 0.6 is 0 Å². The van der Waals surface area contributed by atoms with Gasteiger partial charge in [-0.25, -0.2) is 9.67 Å². The van der Waals surface area contributed by atoms with Crippen LogP contribution in [-0.4, -0.2) is 19.7 Å². The highest BCUT2D eigenvalue weighted by Gasteiger charge is 2.16. The van der Waals surface area contributed by atoms with Gasteiger partial charge in [-0.3, -0.25) is 0 Å². The molecule has 0 aliphatic heterocycles. The molecule has 1 N–H and O–H groups in total. The van der Waals surface area contributed by atoms with Gasteiger partial charge in [-0.05, 0) is 44.4 Å². The summed E-state index contributed by atoms with van der Waals surface area (Å²) in [7, 11) is 0. The van der Waals surface area contributed by atoms with Crippen molar-refractivity contribution in [2.45, 2.75) is 20.8 Å². The van der Waals surface area contributed by atoms with Gasteiger partial charge in [-0.2, -0.15) is 5.10 Å². The number of hydrogen-bond acceptors (Lipinski definition) is 2. The van der Waals surface area contributed by atoms with Gasteiger partial charge in [0, 0.05) is 27.4 Å². The molecule has 0 aliphatic carbocycles. The molecular weight excluding hydrogens is 308 g/mol. The number of rotatable bonds is 1. The molecule has 0 atom stereocenters. The van der Waals surface area contributed by atoms with Crippen molar-refractivity contribution in [3.8, 4) is 5.82 Å². The lowest BCUT2D eigenvalue weighted by Gasteiger charge is -2.09. The maximum Gasteiger partial charge on any atom is 0.163 e. The molecule has 0 bridgehead atoms. The van der Waals surface area contributed by atoms with E-state index in [4.69, 9.17) is 4.98 Å². The molecule has 0 spiro atoms. The van der Waals surface area contributed by atoms with Gasteiger partial charge in [0.1, 0.15) is 5.65 Å². The summed E-state index contributed by atoms with van der Waals surface area (Å²) < 4.78 is 1.94. The van der Waals surface area contributed by atoms with E-state index < -0.39 is 0 Å². The van der Waals surface area contributed by atoms with E-state index in [9.17, 15) is 0 Å². The van der Waals surface area contributed by atoms with Crippen molar-refractivity contribution in [2.75, 3.05) is 0 Å². The number of H-pyrrole nitrogens is 1. The molecule has 4 nitrogen and oxygen atoms in total. The van der Waals surface area contributed by atoms with Gasteiger partial charge >= 0.3 is 0 Å². The summed E-state index contributed by atoms with van der Waals surface area (Å²) in [6, 6.07) is 17.0. The molecule has 0 unspecified atom stereocenters. The first-order valence-electron chi connectivity index (χ1n) is 8.46. The van der Waals surface area contributed by atoms with Crippen LogP contribution in [0.5, 0.6) is 0 Å². The van der Waals surface area contributed by atoms with Crippen LogP contribution < -0.4 is 0 Å². The number of nitrogens with one attached hydrogen (secondary N) is 1. The van der Waals surface area contributed by atoms with Gasteiger partial charge in [0.05, 0.1) is 5.69 Å². The van der Waals surface area contributed by atoms with Gasteiger partial charge in [0.25, 0.3) is 0 Å². The first-order chi connectivity index (χ1) is 12.1. The third-order valence-corrected chi connectivity index (χ3v) is 4.80. The lowest BCUT2D eigenvalue weighted by molar-refractivity contribution is 0.817. The summed E-state index contributed by atoms with van der Waals surface area (Å²) in [6.07, 6.45) is 0. The van der Waals surface area contributed by atoms with Gasteiger partial charge in [-0.15, -0.1) is 0 Å². The monoisotopic (exact) mass is 326 g/mol. The highest BCUT2D eigenvalue weighted by Crippen LogP contribution is 2.34. The third-order valence-electron chi connectivity index (χ3n) is 4.80. The average Bonchev–Trinajstić information content (AvgIpc) is 3.13. The van der Waals surface area contributed by atoms with E-state index in [0.29, 0.717) is 0 Å². The molecular formula is C21H18N4. The highest BCUT2D eigenvalue weighted by molar-refractivity contribution is 6.20. The van der Waals surface area contributed by atoms with Crippen LogP contribution in [0.25, 0.3) is 38.5 Å².